The summed E-state index contributed by atoms with van der Waals surface area (Å²) in [5.41, 5.74) is 3.24. The van der Waals surface area contributed by atoms with E-state index < -0.39 is 0 Å². The lowest BCUT2D eigenvalue weighted by atomic mass is 10.0. The Bertz CT molecular complexity index is 991. The van der Waals surface area contributed by atoms with Gasteiger partial charge in [-0.1, -0.05) is 50.2 Å². The maximum Gasteiger partial charge on any atom is 0.246 e. The van der Waals surface area contributed by atoms with Gasteiger partial charge in [-0.3, -0.25) is 4.79 Å². The van der Waals surface area contributed by atoms with Crippen molar-refractivity contribution in [2.75, 3.05) is 7.11 Å². The number of carbonyl (C=O) groups excluding carboxylic acids is 1. The number of carbonyl (C=O) groups is 1. The highest BCUT2D eigenvalue weighted by Gasteiger charge is 2.32. The number of nitrogens with zero attached hydrogens (tertiary/aromatic N) is 5. The van der Waals surface area contributed by atoms with Crippen molar-refractivity contribution in [3.63, 3.8) is 0 Å². The highest BCUT2D eigenvalue weighted by molar-refractivity contribution is 5.76. The summed E-state index contributed by atoms with van der Waals surface area (Å²) in [6, 6.07) is 16.3. The molecule has 4 rings (SSSR count). The Hall–Kier alpha value is -3.22. The van der Waals surface area contributed by atoms with Crippen molar-refractivity contribution in [3.8, 4) is 17.1 Å². The molecule has 0 bridgehead atoms. The molecule has 1 aromatic heterocycles. The second-order valence-electron chi connectivity index (χ2n) is 8.02. The van der Waals surface area contributed by atoms with Gasteiger partial charge >= 0.3 is 0 Å². The first kappa shape index (κ1) is 20.1. The van der Waals surface area contributed by atoms with Gasteiger partial charge in [-0.15, -0.1) is 10.2 Å². The molecule has 2 aromatic carbocycles. The van der Waals surface area contributed by atoms with Gasteiger partial charge in [0.05, 0.1) is 7.11 Å². The normalized spacial score (nSPS) is 13.5. The Morgan fingerprint density at radius 1 is 1.13 bits per heavy atom. The smallest absolute Gasteiger partial charge is 0.246 e. The number of rotatable bonds is 8. The van der Waals surface area contributed by atoms with Crippen LogP contribution in [0.5, 0.6) is 5.75 Å². The van der Waals surface area contributed by atoms with Crippen LogP contribution >= 0.6 is 0 Å². The molecule has 0 spiro atoms. The molecule has 0 N–H and O–H groups in total. The lowest BCUT2D eigenvalue weighted by Crippen LogP contribution is -2.35. The molecule has 0 atom stereocenters. The third-order valence-electron chi connectivity index (χ3n) is 5.39. The number of aromatic nitrogens is 4. The first-order chi connectivity index (χ1) is 14.5. The molecular weight excluding hydrogens is 378 g/mol. The number of methoxy groups -OCH3 is 1. The fourth-order valence-electron chi connectivity index (χ4n) is 3.39. The lowest BCUT2D eigenvalue weighted by Gasteiger charge is -2.22. The number of tetrazole rings is 1. The van der Waals surface area contributed by atoms with E-state index in [1.165, 1.54) is 10.4 Å². The van der Waals surface area contributed by atoms with Gasteiger partial charge in [0.1, 0.15) is 12.3 Å². The summed E-state index contributed by atoms with van der Waals surface area (Å²) in [5, 5.41) is 12.6. The van der Waals surface area contributed by atoms with E-state index in [1.807, 2.05) is 41.3 Å². The number of benzene rings is 2. The maximum atomic E-state index is 13.0. The average molecular weight is 406 g/mol. The minimum atomic E-state index is 0.00687. The van der Waals surface area contributed by atoms with E-state index >= 15 is 0 Å². The van der Waals surface area contributed by atoms with Crippen molar-refractivity contribution in [2.24, 2.45) is 0 Å². The van der Waals surface area contributed by atoms with Crippen molar-refractivity contribution >= 4 is 5.91 Å². The molecule has 1 saturated carbocycles. The van der Waals surface area contributed by atoms with Crippen molar-refractivity contribution in [2.45, 2.75) is 51.7 Å². The van der Waals surface area contributed by atoms with Gasteiger partial charge in [-0.05, 0) is 47.2 Å². The molecule has 0 saturated heterocycles. The van der Waals surface area contributed by atoms with Crippen LogP contribution in [-0.4, -0.2) is 44.2 Å². The summed E-state index contributed by atoms with van der Waals surface area (Å²) in [7, 11) is 1.65. The van der Waals surface area contributed by atoms with E-state index in [2.05, 4.69) is 41.4 Å². The average Bonchev–Trinajstić information content (AvgIpc) is 3.50. The number of hydrogen-bond acceptors (Lipinski definition) is 5. The van der Waals surface area contributed by atoms with Crippen LogP contribution in [0.3, 0.4) is 0 Å². The lowest BCUT2D eigenvalue weighted by molar-refractivity contribution is -0.133. The fraction of sp³-hybridized carbons (Fsp3) is 0.391. The van der Waals surface area contributed by atoms with Crippen molar-refractivity contribution in [1.29, 1.82) is 0 Å². The minimum Gasteiger partial charge on any atom is -0.497 e. The van der Waals surface area contributed by atoms with Crippen LogP contribution in [0.25, 0.3) is 11.4 Å². The molecule has 7 heteroatoms. The van der Waals surface area contributed by atoms with E-state index in [-0.39, 0.29) is 12.5 Å². The quantitative estimate of drug-likeness (QED) is 0.572. The van der Waals surface area contributed by atoms with Gasteiger partial charge in [0.25, 0.3) is 0 Å². The summed E-state index contributed by atoms with van der Waals surface area (Å²) in [4.78, 5) is 16.3. The molecule has 0 unspecified atom stereocenters. The zero-order valence-corrected chi connectivity index (χ0v) is 17.7. The van der Waals surface area contributed by atoms with Gasteiger partial charge in [0, 0.05) is 18.2 Å². The SMILES string of the molecule is COc1ccc(CN(C(=O)Cn2nnc(-c3ccc(C(C)C)cc3)n2)C2CC2)cc1. The van der Waals surface area contributed by atoms with E-state index in [0.29, 0.717) is 24.3 Å². The Balaban J connectivity index is 1.43. The summed E-state index contributed by atoms with van der Waals surface area (Å²) in [5.74, 6) is 1.82. The van der Waals surface area contributed by atoms with E-state index in [4.69, 9.17) is 4.74 Å². The van der Waals surface area contributed by atoms with Crippen molar-refractivity contribution in [1.82, 2.24) is 25.1 Å². The van der Waals surface area contributed by atoms with E-state index in [1.54, 1.807) is 7.11 Å². The number of amides is 1. The molecule has 7 nitrogen and oxygen atoms in total. The molecular formula is C23H27N5O2. The molecule has 1 fully saturated rings. The maximum absolute atomic E-state index is 13.0. The summed E-state index contributed by atoms with van der Waals surface area (Å²) >= 11 is 0. The summed E-state index contributed by atoms with van der Waals surface area (Å²) in [6.45, 7) is 4.98. The fourth-order valence-corrected chi connectivity index (χ4v) is 3.39. The molecule has 0 radical (unpaired) electrons. The van der Waals surface area contributed by atoms with Crippen LogP contribution < -0.4 is 4.74 Å². The largest absolute Gasteiger partial charge is 0.497 e. The predicted molar refractivity (Wildman–Crippen MR) is 114 cm³/mol. The molecule has 1 amide bonds. The molecule has 1 heterocycles. The predicted octanol–water partition coefficient (Wildman–Crippen LogP) is 3.66. The van der Waals surface area contributed by atoms with Gasteiger partial charge in [0.15, 0.2) is 0 Å². The third kappa shape index (κ3) is 4.67. The standard InChI is InChI=1S/C23H27N5O2/c1-16(2)18-6-8-19(9-7-18)23-24-26-28(25-23)15-22(29)27(20-10-11-20)14-17-4-12-21(30-3)13-5-17/h4-9,12-13,16,20H,10-11,14-15H2,1-3H3. The van der Waals surface area contributed by atoms with Crippen LogP contribution in [0, 0.1) is 0 Å². The van der Waals surface area contributed by atoms with Gasteiger partial charge in [-0.2, -0.15) is 4.80 Å². The summed E-state index contributed by atoms with van der Waals surface area (Å²) in [6.07, 6.45) is 2.08. The van der Waals surface area contributed by atoms with Crippen LogP contribution in [0.4, 0.5) is 0 Å². The second kappa shape index (κ2) is 8.65. The van der Waals surface area contributed by atoms with E-state index in [0.717, 1.165) is 29.7 Å². The Morgan fingerprint density at radius 3 is 2.43 bits per heavy atom. The molecule has 156 valence electrons. The molecule has 30 heavy (non-hydrogen) atoms. The topological polar surface area (TPSA) is 73.1 Å². The van der Waals surface area contributed by atoms with Crippen LogP contribution in [0.2, 0.25) is 0 Å². The van der Waals surface area contributed by atoms with Crippen LogP contribution in [0.15, 0.2) is 48.5 Å². The Labute approximate surface area is 176 Å². The third-order valence-corrected chi connectivity index (χ3v) is 5.39. The van der Waals surface area contributed by atoms with Crippen molar-refractivity contribution < 1.29 is 9.53 Å². The molecule has 1 aliphatic rings. The zero-order valence-electron chi connectivity index (χ0n) is 17.7. The Kier molecular flexibility index (Phi) is 5.79. The van der Waals surface area contributed by atoms with E-state index in [9.17, 15) is 4.79 Å². The zero-order chi connectivity index (χ0) is 21.1. The van der Waals surface area contributed by atoms with Gasteiger partial charge < -0.3 is 9.64 Å². The monoisotopic (exact) mass is 405 g/mol. The molecule has 1 aliphatic carbocycles. The van der Waals surface area contributed by atoms with Gasteiger partial charge in [0.2, 0.25) is 11.7 Å². The van der Waals surface area contributed by atoms with Crippen molar-refractivity contribution in [3.05, 3.63) is 59.7 Å². The highest BCUT2D eigenvalue weighted by atomic mass is 16.5. The molecule has 3 aromatic rings. The molecule has 0 aliphatic heterocycles. The number of hydrogen-bond donors (Lipinski definition) is 0. The van der Waals surface area contributed by atoms with Crippen LogP contribution in [-0.2, 0) is 17.9 Å². The first-order valence-corrected chi connectivity index (χ1v) is 10.3. The minimum absolute atomic E-state index is 0.00687. The Morgan fingerprint density at radius 2 is 1.83 bits per heavy atom. The second-order valence-corrected chi connectivity index (χ2v) is 8.02. The van der Waals surface area contributed by atoms with Gasteiger partial charge in [-0.25, -0.2) is 0 Å². The first-order valence-electron chi connectivity index (χ1n) is 10.3. The summed E-state index contributed by atoms with van der Waals surface area (Å²) < 4.78 is 5.21. The number of ether oxygens (including phenoxy) is 1. The highest BCUT2D eigenvalue weighted by Crippen LogP contribution is 2.29. The van der Waals surface area contributed by atoms with Crippen LogP contribution in [0.1, 0.15) is 43.7 Å².